The molecule has 1 heterocycles. The molecule has 2 N–H and O–H groups in total. The molecule has 6 heteroatoms. The third kappa shape index (κ3) is 2.01. The van der Waals surface area contributed by atoms with E-state index in [1.54, 1.807) is 25.1 Å². The van der Waals surface area contributed by atoms with Crippen molar-refractivity contribution >= 4 is 28.1 Å². The normalized spacial score (nSPS) is 15.4. The Morgan fingerprint density at radius 1 is 1.05 bits per heavy atom. The molecule has 3 rings (SSSR count). The number of aliphatic hydroxyl groups is 2. The molecule has 22 heavy (non-hydrogen) atoms. The van der Waals surface area contributed by atoms with Crippen molar-refractivity contribution in [1.29, 1.82) is 0 Å². The zero-order valence-electron chi connectivity index (χ0n) is 11.4. The third-order valence-corrected chi connectivity index (χ3v) is 3.33. The summed E-state index contributed by atoms with van der Waals surface area (Å²) in [5.41, 5.74) is 0.105. The minimum Gasteiger partial charge on any atom is -0.504 e. The standard InChI is InChI=1S/C16H10O6/c1-7-2-3-8-9(17)6-13(22-12(8)4-7)14-15(20)10(18)5-11(19)16(14)21/h2-6,18,21H,1H3. The molecule has 1 aromatic heterocycles. The summed E-state index contributed by atoms with van der Waals surface area (Å²) in [6, 6.07) is 5.93. The number of hydrogen-bond acceptors (Lipinski definition) is 6. The van der Waals surface area contributed by atoms with Crippen molar-refractivity contribution in [2.24, 2.45) is 0 Å². The van der Waals surface area contributed by atoms with E-state index in [4.69, 9.17) is 4.42 Å². The lowest BCUT2D eigenvalue weighted by molar-refractivity contribution is -0.117. The average molecular weight is 298 g/mol. The first kappa shape index (κ1) is 13.8. The van der Waals surface area contributed by atoms with Crippen molar-refractivity contribution in [1.82, 2.24) is 0 Å². The Morgan fingerprint density at radius 3 is 2.50 bits per heavy atom. The van der Waals surface area contributed by atoms with Gasteiger partial charge in [-0.1, -0.05) is 6.07 Å². The molecule has 0 saturated heterocycles. The summed E-state index contributed by atoms with van der Waals surface area (Å²) >= 11 is 0. The topological polar surface area (TPSA) is 105 Å². The third-order valence-electron chi connectivity index (χ3n) is 3.33. The molecule has 0 amide bonds. The number of aryl methyl sites for hydroxylation is 1. The highest BCUT2D eigenvalue weighted by atomic mass is 16.3. The number of allylic oxidation sites excluding steroid dienone is 2. The number of fused-ring (bicyclic) bond motifs is 1. The molecule has 0 atom stereocenters. The number of Topliss-reactive ketones (excluding diaryl/α,β-unsaturated/α-hetero) is 1. The number of hydrogen-bond donors (Lipinski definition) is 2. The van der Waals surface area contributed by atoms with Crippen molar-refractivity contribution in [2.75, 3.05) is 0 Å². The SMILES string of the molecule is Cc1ccc2c(=O)cc(C3=C(O)C(=O)C=C(O)C3=O)oc2c1. The van der Waals surface area contributed by atoms with Gasteiger partial charge >= 0.3 is 0 Å². The summed E-state index contributed by atoms with van der Waals surface area (Å²) in [6.45, 7) is 1.80. The van der Waals surface area contributed by atoms with Gasteiger partial charge in [-0.25, -0.2) is 0 Å². The van der Waals surface area contributed by atoms with Crippen LogP contribution in [0.25, 0.3) is 16.5 Å². The van der Waals surface area contributed by atoms with E-state index < -0.39 is 34.1 Å². The molecule has 1 aliphatic carbocycles. The van der Waals surface area contributed by atoms with Gasteiger partial charge in [0.05, 0.1) is 5.39 Å². The molecule has 2 aromatic rings. The number of rotatable bonds is 1. The minimum absolute atomic E-state index is 0.220. The highest BCUT2D eigenvalue weighted by Crippen LogP contribution is 2.27. The summed E-state index contributed by atoms with van der Waals surface area (Å²) in [4.78, 5) is 35.6. The summed E-state index contributed by atoms with van der Waals surface area (Å²) in [7, 11) is 0. The quantitative estimate of drug-likeness (QED) is 0.780. The number of aliphatic hydroxyl groups excluding tert-OH is 2. The molecular weight excluding hydrogens is 288 g/mol. The Labute approximate surface area is 123 Å². The molecule has 0 aliphatic heterocycles. The van der Waals surface area contributed by atoms with Gasteiger partial charge in [0, 0.05) is 12.1 Å². The lowest BCUT2D eigenvalue weighted by Gasteiger charge is -2.12. The Bertz CT molecular complexity index is 958. The maximum absolute atomic E-state index is 12.1. The summed E-state index contributed by atoms with van der Waals surface area (Å²) in [5.74, 6) is -3.85. The van der Waals surface area contributed by atoms with Crippen LogP contribution in [0.15, 0.2) is 51.1 Å². The Morgan fingerprint density at radius 2 is 1.77 bits per heavy atom. The molecular formula is C16H10O6. The highest BCUT2D eigenvalue weighted by molar-refractivity contribution is 6.36. The largest absolute Gasteiger partial charge is 0.504 e. The zero-order valence-corrected chi connectivity index (χ0v) is 11.4. The molecule has 0 saturated carbocycles. The average Bonchev–Trinajstić information content (AvgIpc) is 2.45. The van der Waals surface area contributed by atoms with E-state index in [-0.39, 0.29) is 11.3 Å². The van der Waals surface area contributed by atoms with E-state index in [0.29, 0.717) is 11.5 Å². The van der Waals surface area contributed by atoms with Crippen LogP contribution in [0.3, 0.4) is 0 Å². The summed E-state index contributed by atoms with van der Waals surface area (Å²) in [6.07, 6.45) is 0.616. The lowest BCUT2D eigenvalue weighted by Crippen LogP contribution is -2.19. The molecule has 1 aliphatic rings. The van der Waals surface area contributed by atoms with Gasteiger partial charge in [-0.2, -0.15) is 0 Å². The summed E-state index contributed by atoms with van der Waals surface area (Å²) < 4.78 is 5.47. The first-order valence-electron chi connectivity index (χ1n) is 6.36. The first-order chi connectivity index (χ1) is 10.4. The van der Waals surface area contributed by atoms with Crippen molar-refractivity contribution in [3.63, 3.8) is 0 Å². The predicted molar refractivity (Wildman–Crippen MR) is 77.5 cm³/mol. The van der Waals surface area contributed by atoms with Gasteiger partial charge < -0.3 is 14.6 Å². The highest BCUT2D eigenvalue weighted by Gasteiger charge is 2.31. The number of carbonyl (C=O) groups is 2. The smallest absolute Gasteiger partial charge is 0.235 e. The van der Waals surface area contributed by atoms with Crippen LogP contribution < -0.4 is 5.43 Å². The number of ketones is 2. The van der Waals surface area contributed by atoms with Gasteiger partial charge in [-0.3, -0.25) is 14.4 Å². The first-order valence-corrected chi connectivity index (χ1v) is 6.36. The fourth-order valence-corrected chi connectivity index (χ4v) is 2.23. The van der Waals surface area contributed by atoms with E-state index in [9.17, 15) is 24.6 Å². The number of benzene rings is 1. The Hall–Kier alpha value is -3.15. The number of carbonyl (C=O) groups excluding carboxylic acids is 2. The van der Waals surface area contributed by atoms with E-state index in [1.807, 2.05) is 0 Å². The van der Waals surface area contributed by atoms with E-state index in [0.717, 1.165) is 11.6 Å². The van der Waals surface area contributed by atoms with Gasteiger partial charge in [-0.15, -0.1) is 0 Å². The molecule has 0 spiro atoms. The maximum atomic E-state index is 12.1. The van der Waals surface area contributed by atoms with Crippen molar-refractivity contribution in [3.05, 3.63) is 63.4 Å². The van der Waals surface area contributed by atoms with Gasteiger partial charge in [0.25, 0.3) is 0 Å². The van der Waals surface area contributed by atoms with Crippen molar-refractivity contribution < 1.29 is 24.2 Å². The van der Waals surface area contributed by atoms with E-state index >= 15 is 0 Å². The van der Waals surface area contributed by atoms with Crippen LogP contribution >= 0.6 is 0 Å². The second-order valence-corrected chi connectivity index (χ2v) is 4.92. The fraction of sp³-hybridized carbons (Fsp3) is 0.0625. The minimum atomic E-state index is -0.979. The molecule has 0 radical (unpaired) electrons. The molecule has 0 bridgehead atoms. The zero-order chi connectivity index (χ0) is 16.0. The van der Waals surface area contributed by atoms with Crippen LogP contribution in [0.2, 0.25) is 0 Å². The van der Waals surface area contributed by atoms with Crippen LogP contribution in [0.4, 0.5) is 0 Å². The Kier molecular flexibility index (Phi) is 2.95. The van der Waals surface area contributed by atoms with Crippen LogP contribution in [0.5, 0.6) is 0 Å². The molecule has 1 aromatic carbocycles. The molecule has 0 unspecified atom stereocenters. The van der Waals surface area contributed by atoms with Crippen LogP contribution in [0, 0.1) is 6.92 Å². The second-order valence-electron chi connectivity index (χ2n) is 4.92. The predicted octanol–water partition coefficient (Wildman–Crippen LogP) is 1.96. The van der Waals surface area contributed by atoms with Crippen LogP contribution in [-0.2, 0) is 9.59 Å². The van der Waals surface area contributed by atoms with Gasteiger partial charge in [0.1, 0.15) is 16.9 Å². The summed E-state index contributed by atoms with van der Waals surface area (Å²) in [5, 5.41) is 19.5. The van der Waals surface area contributed by atoms with Gasteiger partial charge in [0.2, 0.25) is 11.6 Å². The lowest BCUT2D eigenvalue weighted by atomic mass is 9.97. The maximum Gasteiger partial charge on any atom is 0.235 e. The molecule has 0 fully saturated rings. The van der Waals surface area contributed by atoms with Crippen LogP contribution in [0.1, 0.15) is 11.3 Å². The van der Waals surface area contributed by atoms with E-state index in [2.05, 4.69) is 0 Å². The van der Waals surface area contributed by atoms with Crippen molar-refractivity contribution in [2.45, 2.75) is 6.92 Å². The Balaban J connectivity index is 2.31. The van der Waals surface area contributed by atoms with Crippen molar-refractivity contribution in [3.8, 4) is 0 Å². The van der Waals surface area contributed by atoms with Gasteiger partial charge in [-0.05, 0) is 24.6 Å². The fourth-order valence-electron chi connectivity index (χ4n) is 2.23. The second kappa shape index (κ2) is 4.70. The van der Waals surface area contributed by atoms with E-state index in [1.165, 1.54) is 0 Å². The van der Waals surface area contributed by atoms with Crippen LogP contribution in [-0.4, -0.2) is 21.8 Å². The van der Waals surface area contributed by atoms with Gasteiger partial charge in [0.15, 0.2) is 16.9 Å². The monoisotopic (exact) mass is 298 g/mol. The molecule has 110 valence electrons. The molecule has 6 nitrogen and oxygen atoms in total.